The molecule has 1 unspecified atom stereocenters. The van der Waals surface area contributed by atoms with Crippen LogP contribution in [0.15, 0.2) is 65.9 Å². The third-order valence-corrected chi connectivity index (χ3v) is 5.69. The lowest BCUT2D eigenvalue weighted by atomic mass is 10.0. The third-order valence-electron chi connectivity index (χ3n) is 5.40. The topological polar surface area (TPSA) is 81.6 Å². The smallest absolute Gasteiger partial charge is 0.321 e. The lowest BCUT2D eigenvalue weighted by Gasteiger charge is -2.28. The van der Waals surface area contributed by atoms with Crippen LogP contribution in [0, 0.1) is 5.82 Å². The number of pyridine rings is 1. The van der Waals surface area contributed by atoms with Crippen LogP contribution in [0.1, 0.15) is 18.5 Å². The zero-order valence-electron chi connectivity index (χ0n) is 17.5. The van der Waals surface area contributed by atoms with Crippen LogP contribution in [0.2, 0.25) is 5.02 Å². The van der Waals surface area contributed by atoms with Crippen molar-refractivity contribution in [2.24, 2.45) is 0 Å². The summed E-state index contributed by atoms with van der Waals surface area (Å²) >= 11 is 5.81. The summed E-state index contributed by atoms with van der Waals surface area (Å²) in [6.07, 6.45) is 5.26. The van der Waals surface area contributed by atoms with Crippen molar-refractivity contribution in [2.75, 3.05) is 12.4 Å². The second-order valence-corrected chi connectivity index (χ2v) is 7.84. The molecule has 0 saturated carbocycles. The average Bonchev–Trinajstić information content (AvgIpc) is 3.30. The van der Waals surface area contributed by atoms with Crippen LogP contribution in [0.3, 0.4) is 0 Å². The lowest BCUT2D eigenvalue weighted by molar-refractivity contribution is 0.206. The first kappa shape index (κ1) is 21.7. The number of anilines is 1. The Labute approximate surface area is 188 Å². The Kier molecular flexibility index (Phi) is 6.02. The van der Waals surface area contributed by atoms with Gasteiger partial charge in [-0.05, 0) is 42.1 Å². The molecule has 0 radical (unpaired) electrons. The van der Waals surface area contributed by atoms with Gasteiger partial charge in [-0.25, -0.2) is 9.18 Å². The van der Waals surface area contributed by atoms with E-state index in [1.54, 1.807) is 41.3 Å². The number of carbonyl (C=O) groups is 1. The van der Waals surface area contributed by atoms with Gasteiger partial charge in [-0.15, -0.1) is 5.53 Å². The SMILES string of the molecule is CC(c1cn(CN2C=CNN2)c(=O)c2ccccc12)N(C)C(=O)Nc1ccc(F)c(Cl)c1. The molecule has 1 aliphatic rings. The predicted octanol–water partition coefficient (Wildman–Crippen LogP) is 3.77. The maximum Gasteiger partial charge on any atom is 0.322 e. The number of amides is 2. The Morgan fingerprint density at radius 3 is 2.69 bits per heavy atom. The van der Waals surface area contributed by atoms with Gasteiger partial charge in [0.1, 0.15) is 12.5 Å². The molecule has 0 bridgehead atoms. The minimum atomic E-state index is -0.558. The molecule has 4 rings (SSSR count). The third kappa shape index (κ3) is 4.25. The fourth-order valence-electron chi connectivity index (χ4n) is 3.51. The molecule has 2 aromatic carbocycles. The summed E-state index contributed by atoms with van der Waals surface area (Å²) in [7, 11) is 1.66. The Morgan fingerprint density at radius 2 is 2.00 bits per heavy atom. The highest BCUT2D eigenvalue weighted by molar-refractivity contribution is 6.31. The van der Waals surface area contributed by atoms with E-state index >= 15 is 0 Å². The van der Waals surface area contributed by atoms with Crippen LogP contribution in [-0.4, -0.2) is 27.6 Å². The number of aromatic nitrogens is 1. The number of halogens is 2. The van der Waals surface area contributed by atoms with Gasteiger partial charge >= 0.3 is 6.03 Å². The number of nitrogens with zero attached hydrogens (tertiary/aromatic N) is 3. The van der Waals surface area contributed by atoms with E-state index in [0.717, 1.165) is 10.9 Å². The molecule has 32 heavy (non-hydrogen) atoms. The van der Waals surface area contributed by atoms with E-state index in [4.69, 9.17) is 11.6 Å². The minimum absolute atomic E-state index is 0.0735. The Bertz CT molecular complexity index is 1260. The van der Waals surface area contributed by atoms with Crippen molar-refractivity contribution in [3.8, 4) is 0 Å². The Balaban J connectivity index is 1.65. The monoisotopic (exact) mass is 456 g/mol. The summed E-state index contributed by atoms with van der Waals surface area (Å²) in [6.45, 7) is 2.15. The second kappa shape index (κ2) is 8.89. The standard InChI is InChI=1S/C22H22ClFN6O2/c1-14(28(2)22(32)26-15-7-8-20(24)19(23)11-15)18-12-29(13-30-10-9-25-27-30)21(31)17-6-4-3-5-16(17)18/h3-12,14,25,27H,13H2,1-2H3,(H,26,32). The van der Waals surface area contributed by atoms with Crippen LogP contribution >= 0.6 is 11.6 Å². The van der Waals surface area contributed by atoms with Crippen LogP contribution in [0.4, 0.5) is 14.9 Å². The van der Waals surface area contributed by atoms with E-state index in [2.05, 4.69) is 16.3 Å². The molecule has 3 aromatic rings. The highest BCUT2D eigenvalue weighted by Gasteiger charge is 2.22. The minimum Gasteiger partial charge on any atom is -0.321 e. The molecule has 10 heteroatoms. The van der Waals surface area contributed by atoms with E-state index in [1.165, 1.54) is 23.1 Å². The summed E-state index contributed by atoms with van der Waals surface area (Å²) in [5.41, 5.74) is 6.81. The number of rotatable bonds is 5. The number of nitrogens with one attached hydrogen (secondary N) is 3. The zero-order valence-corrected chi connectivity index (χ0v) is 18.2. The fraction of sp³-hybridized carbons (Fsp3) is 0.182. The summed E-state index contributed by atoms with van der Waals surface area (Å²) < 4.78 is 15.0. The summed E-state index contributed by atoms with van der Waals surface area (Å²) in [5, 5.41) is 5.71. The molecule has 8 nitrogen and oxygen atoms in total. The molecular weight excluding hydrogens is 435 g/mol. The first-order valence-corrected chi connectivity index (χ1v) is 10.3. The molecule has 3 N–H and O–H groups in total. The first-order valence-electron chi connectivity index (χ1n) is 9.90. The van der Waals surface area contributed by atoms with E-state index < -0.39 is 11.8 Å². The molecule has 1 aliphatic heterocycles. The largest absolute Gasteiger partial charge is 0.322 e. The van der Waals surface area contributed by atoms with Crippen molar-refractivity contribution >= 4 is 34.1 Å². The zero-order chi connectivity index (χ0) is 22.8. The van der Waals surface area contributed by atoms with Gasteiger partial charge < -0.3 is 15.6 Å². The van der Waals surface area contributed by atoms with Gasteiger partial charge in [-0.1, -0.05) is 29.8 Å². The number of hydrogen-bond donors (Lipinski definition) is 3. The van der Waals surface area contributed by atoms with Crippen molar-refractivity contribution in [2.45, 2.75) is 19.6 Å². The van der Waals surface area contributed by atoms with Gasteiger partial charge in [0.15, 0.2) is 0 Å². The van der Waals surface area contributed by atoms with Gasteiger partial charge in [0.05, 0.1) is 11.1 Å². The highest BCUT2D eigenvalue weighted by atomic mass is 35.5. The van der Waals surface area contributed by atoms with E-state index in [1.807, 2.05) is 25.1 Å². The van der Waals surface area contributed by atoms with Crippen LogP contribution < -0.4 is 21.8 Å². The molecule has 0 spiro atoms. The molecule has 2 heterocycles. The first-order chi connectivity index (χ1) is 15.3. The van der Waals surface area contributed by atoms with Crippen molar-refractivity contribution < 1.29 is 9.18 Å². The summed E-state index contributed by atoms with van der Waals surface area (Å²) in [6, 6.07) is 10.5. The summed E-state index contributed by atoms with van der Waals surface area (Å²) in [4.78, 5) is 27.4. The van der Waals surface area contributed by atoms with E-state index in [0.29, 0.717) is 11.1 Å². The van der Waals surface area contributed by atoms with Gasteiger partial charge in [-0.3, -0.25) is 14.4 Å². The Morgan fingerprint density at radius 1 is 1.25 bits per heavy atom. The van der Waals surface area contributed by atoms with Crippen LogP contribution in [0.5, 0.6) is 0 Å². The average molecular weight is 457 g/mol. The molecular formula is C22H22ClFN6O2. The van der Waals surface area contributed by atoms with Crippen LogP contribution in [0.25, 0.3) is 10.8 Å². The molecule has 2 amide bonds. The number of carbonyl (C=O) groups excluding carboxylic acids is 1. The van der Waals surface area contributed by atoms with E-state index in [-0.39, 0.29) is 23.3 Å². The number of hydrogen-bond acceptors (Lipinski definition) is 5. The molecule has 0 fully saturated rings. The van der Waals surface area contributed by atoms with E-state index in [9.17, 15) is 14.0 Å². The molecule has 1 atom stereocenters. The maximum absolute atomic E-state index is 13.4. The lowest BCUT2D eigenvalue weighted by Crippen LogP contribution is -2.39. The summed E-state index contributed by atoms with van der Waals surface area (Å²) in [5.74, 6) is -0.558. The van der Waals surface area contributed by atoms with Gasteiger partial charge in [0.2, 0.25) is 0 Å². The van der Waals surface area contributed by atoms with Crippen molar-refractivity contribution in [1.82, 2.24) is 25.4 Å². The number of fused-ring (bicyclic) bond motifs is 1. The van der Waals surface area contributed by atoms with Gasteiger partial charge in [-0.2, -0.15) is 0 Å². The van der Waals surface area contributed by atoms with Crippen molar-refractivity contribution in [3.63, 3.8) is 0 Å². The fourth-order valence-corrected chi connectivity index (χ4v) is 3.69. The molecule has 1 aromatic heterocycles. The molecule has 166 valence electrons. The number of benzene rings is 2. The Hall–Kier alpha value is -3.56. The number of hydrazine groups is 2. The van der Waals surface area contributed by atoms with Gasteiger partial charge in [0.25, 0.3) is 5.56 Å². The van der Waals surface area contributed by atoms with Crippen molar-refractivity contribution in [3.05, 3.63) is 87.8 Å². The quantitative estimate of drug-likeness (QED) is 0.544. The van der Waals surface area contributed by atoms with Crippen molar-refractivity contribution in [1.29, 1.82) is 0 Å². The molecule has 0 aliphatic carbocycles. The number of urea groups is 1. The maximum atomic E-state index is 13.4. The predicted molar refractivity (Wildman–Crippen MR) is 122 cm³/mol. The van der Waals surface area contributed by atoms with Gasteiger partial charge in [0, 0.05) is 36.7 Å². The second-order valence-electron chi connectivity index (χ2n) is 7.43. The highest BCUT2D eigenvalue weighted by Crippen LogP contribution is 2.27. The molecule has 0 saturated heterocycles. The normalized spacial score (nSPS) is 13.8. The van der Waals surface area contributed by atoms with Crippen LogP contribution in [-0.2, 0) is 6.67 Å².